The first-order valence-corrected chi connectivity index (χ1v) is 6.63. The van der Waals surface area contributed by atoms with Crippen molar-refractivity contribution in [1.29, 1.82) is 0 Å². The van der Waals surface area contributed by atoms with E-state index in [-0.39, 0.29) is 5.56 Å². The minimum atomic E-state index is -0.208. The second-order valence-corrected chi connectivity index (χ2v) is 4.82. The van der Waals surface area contributed by atoms with Crippen molar-refractivity contribution in [2.24, 2.45) is 0 Å². The molecule has 3 aromatic rings. The van der Waals surface area contributed by atoms with Crippen LogP contribution in [-0.2, 0) is 0 Å². The van der Waals surface area contributed by atoms with Crippen molar-refractivity contribution < 1.29 is 0 Å². The van der Waals surface area contributed by atoms with E-state index in [2.05, 4.69) is 20.6 Å². The van der Waals surface area contributed by atoms with Gasteiger partial charge >= 0.3 is 0 Å². The maximum atomic E-state index is 12.1. The highest BCUT2D eigenvalue weighted by Crippen LogP contribution is 2.29. The van der Waals surface area contributed by atoms with Crippen LogP contribution >= 0.6 is 0 Å². The van der Waals surface area contributed by atoms with Crippen LogP contribution in [0.25, 0.3) is 17.1 Å². The Kier molecular flexibility index (Phi) is 2.50. The monoisotopic (exact) mass is 276 g/mol. The number of para-hydroxylation sites is 4. The molecule has 2 heterocycles. The quantitative estimate of drug-likeness (QED) is 0.639. The summed E-state index contributed by atoms with van der Waals surface area (Å²) in [6, 6.07) is 15.3. The summed E-state index contributed by atoms with van der Waals surface area (Å²) in [5.74, 6) is 0.740. The lowest BCUT2D eigenvalue weighted by Crippen LogP contribution is -2.13. The Morgan fingerprint density at radius 3 is 2.33 bits per heavy atom. The highest BCUT2D eigenvalue weighted by molar-refractivity contribution is 5.82. The zero-order chi connectivity index (χ0) is 14.2. The molecular formula is C16H12N4O. The van der Waals surface area contributed by atoms with Crippen LogP contribution in [0.2, 0.25) is 0 Å². The molecule has 5 heteroatoms. The minimum Gasteiger partial charge on any atom is -0.340 e. The third-order valence-electron chi connectivity index (χ3n) is 3.37. The first kappa shape index (κ1) is 11.7. The van der Waals surface area contributed by atoms with E-state index in [1.165, 1.54) is 0 Å². The molecule has 3 N–H and O–H groups in total. The van der Waals surface area contributed by atoms with Gasteiger partial charge in [-0.05, 0) is 24.3 Å². The van der Waals surface area contributed by atoms with Crippen molar-refractivity contribution in [3.63, 3.8) is 0 Å². The number of hydrogen-bond donors (Lipinski definition) is 3. The van der Waals surface area contributed by atoms with E-state index >= 15 is 0 Å². The summed E-state index contributed by atoms with van der Waals surface area (Å²) in [5.41, 5.74) is 3.64. The summed E-state index contributed by atoms with van der Waals surface area (Å²) in [4.78, 5) is 19.3. The third kappa shape index (κ3) is 2.04. The molecule has 0 atom stereocenters. The molecule has 0 bridgehead atoms. The summed E-state index contributed by atoms with van der Waals surface area (Å²) < 4.78 is 0. The number of H-pyrrole nitrogens is 1. The lowest BCUT2D eigenvalue weighted by Gasteiger charge is -2.01. The second kappa shape index (κ2) is 4.49. The average molecular weight is 276 g/mol. The Morgan fingerprint density at radius 2 is 1.57 bits per heavy atom. The van der Waals surface area contributed by atoms with Crippen LogP contribution in [0, 0.1) is 0 Å². The van der Waals surface area contributed by atoms with Crippen molar-refractivity contribution >= 4 is 28.5 Å². The van der Waals surface area contributed by atoms with E-state index in [9.17, 15) is 4.79 Å². The molecule has 2 aromatic carbocycles. The van der Waals surface area contributed by atoms with Gasteiger partial charge in [0.25, 0.3) is 5.56 Å². The van der Waals surface area contributed by atoms with Crippen molar-refractivity contribution in [2.45, 2.75) is 0 Å². The molecule has 0 saturated carbocycles. The van der Waals surface area contributed by atoms with Crippen molar-refractivity contribution in [2.75, 3.05) is 10.6 Å². The van der Waals surface area contributed by atoms with Gasteiger partial charge in [0.05, 0.1) is 22.4 Å². The Hall–Kier alpha value is -3.08. The van der Waals surface area contributed by atoms with Crippen LogP contribution in [0.5, 0.6) is 0 Å². The number of benzene rings is 2. The maximum absolute atomic E-state index is 12.1. The van der Waals surface area contributed by atoms with Gasteiger partial charge in [0.1, 0.15) is 11.5 Å². The van der Waals surface area contributed by atoms with Crippen molar-refractivity contribution in [3.05, 3.63) is 70.4 Å². The SMILES string of the molecule is O=c1[nH]c2ccccc2nc1C=C1Nc2ccccc2N1. The van der Waals surface area contributed by atoms with E-state index in [1.54, 1.807) is 6.08 Å². The molecule has 0 spiro atoms. The molecular weight excluding hydrogens is 264 g/mol. The van der Waals surface area contributed by atoms with E-state index in [0.29, 0.717) is 5.69 Å². The van der Waals surface area contributed by atoms with Crippen LogP contribution in [0.4, 0.5) is 11.4 Å². The van der Waals surface area contributed by atoms with Gasteiger partial charge in [0.15, 0.2) is 0 Å². The lowest BCUT2D eigenvalue weighted by molar-refractivity contribution is 1.19. The molecule has 0 amide bonds. The van der Waals surface area contributed by atoms with Gasteiger partial charge in [0, 0.05) is 6.08 Å². The smallest absolute Gasteiger partial charge is 0.274 e. The summed E-state index contributed by atoms with van der Waals surface area (Å²) in [6.45, 7) is 0. The van der Waals surface area contributed by atoms with Crippen LogP contribution in [0.1, 0.15) is 5.69 Å². The van der Waals surface area contributed by atoms with Gasteiger partial charge in [-0.2, -0.15) is 0 Å². The van der Waals surface area contributed by atoms with Gasteiger partial charge in [0.2, 0.25) is 0 Å². The van der Waals surface area contributed by atoms with Gasteiger partial charge < -0.3 is 15.6 Å². The van der Waals surface area contributed by atoms with Gasteiger partial charge in [-0.25, -0.2) is 4.98 Å². The maximum Gasteiger partial charge on any atom is 0.274 e. The van der Waals surface area contributed by atoms with E-state index in [1.807, 2.05) is 48.5 Å². The fraction of sp³-hybridized carbons (Fsp3) is 0. The normalized spacial score (nSPS) is 12.7. The number of aromatic nitrogens is 2. The molecule has 21 heavy (non-hydrogen) atoms. The van der Waals surface area contributed by atoms with Crippen LogP contribution < -0.4 is 16.2 Å². The zero-order valence-corrected chi connectivity index (χ0v) is 11.1. The Morgan fingerprint density at radius 1 is 0.905 bits per heavy atom. The summed E-state index contributed by atoms with van der Waals surface area (Å²) >= 11 is 0. The average Bonchev–Trinajstić information content (AvgIpc) is 2.90. The first-order chi connectivity index (χ1) is 10.3. The Labute approximate surface area is 120 Å². The van der Waals surface area contributed by atoms with Gasteiger partial charge in [-0.15, -0.1) is 0 Å². The fourth-order valence-electron chi connectivity index (χ4n) is 2.37. The minimum absolute atomic E-state index is 0.208. The van der Waals surface area contributed by atoms with E-state index < -0.39 is 0 Å². The molecule has 102 valence electrons. The number of fused-ring (bicyclic) bond motifs is 2. The van der Waals surface area contributed by atoms with Crippen LogP contribution in [0.15, 0.2) is 59.1 Å². The summed E-state index contributed by atoms with van der Waals surface area (Å²) in [5, 5.41) is 6.43. The Bertz CT molecular complexity index is 900. The Balaban J connectivity index is 1.77. The number of aromatic amines is 1. The molecule has 4 rings (SSSR count). The second-order valence-electron chi connectivity index (χ2n) is 4.82. The van der Waals surface area contributed by atoms with Crippen LogP contribution in [0.3, 0.4) is 0 Å². The summed E-state index contributed by atoms with van der Waals surface area (Å²) in [6.07, 6.45) is 1.71. The predicted molar refractivity (Wildman–Crippen MR) is 84.0 cm³/mol. The van der Waals surface area contributed by atoms with Crippen LogP contribution in [-0.4, -0.2) is 9.97 Å². The van der Waals surface area contributed by atoms with Gasteiger partial charge in [-0.1, -0.05) is 24.3 Å². The largest absolute Gasteiger partial charge is 0.340 e. The topological polar surface area (TPSA) is 69.8 Å². The lowest BCUT2D eigenvalue weighted by atomic mass is 10.3. The first-order valence-electron chi connectivity index (χ1n) is 6.63. The predicted octanol–water partition coefficient (Wildman–Crippen LogP) is 2.76. The standard InChI is InChI=1S/C16H12N4O/c21-16-14(17-10-5-1-4-8-13(10)20-16)9-15-18-11-6-2-3-7-12(11)19-15/h1-9,18-19H,(H,20,21). The molecule has 5 nitrogen and oxygen atoms in total. The molecule has 0 unspecified atom stereocenters. The third-order valence-corrected chi connectivity index (χ3v) is 3.37. The fourth-order valence-corrected chi connectivity index (χ4v) is 2.37. The highest BCUT2D eigenvalue weighted by atomic mass is 16.1. The molecule has 0 radical (unpaired) electrons. The summed E-state index contributed by atoms with van der Waals surface area (Å²) in [7, 11) is 0. The number of hydrogen-bond acceptors (Lipinski definition) is 4. The van der Waals surface area contributed by atoms with Crippen molar-refractivity contribution in [3.8, 4) is 0 Å². The van der Waals surface area contributed by atoms with Gasteiger partial charge in [-0.3, -0.25) is 4.79 Å². The van der Waals surface area contributed by atoms with E-state index in [4.69, 9.17) is 0 Å². The number of rotatable bonds is 1. The number of anilines is 2. The number of nitrogens with zero attached hydrogens (tertiary/aromatic N) is 1. The molecule has 0 aliphatic carbocycles. The molecule has 0 saturated heterocycles. The highest BCUT2D eigenvalue weighted by Gasteiger charge is 2.13. The zero-order valence-electron chi connectivity index (χ0n) is 11.1. The molecule has 1 aliphatic heterocycles. The molecule has 1 aliphatic rings. The molecule has 1 aromatic heterocycles. The van der Waals surface area contributed by atoms with Crippen molar-refractivity contribution in [1.82, 2.24) is 9.97 Å². The molecule has 0 fully saturated rings. The van der Waals surface area contributed by atoms with E-state index in [0.717, 1.165) is 28.2 Å². The number of nitrogens with one attached hydrogen (secondary N) is 3.